The number of nitrogens with one attached hydrogen (secondary N) is 1. The number of hydrogen-bond acceptors (Lipinski definition) is 2. The Kier molecular flexibility index (Phi) is 6.13. The van der Waals surface area contributed by atoms with E-state index in [9.17, 15) is 13.6 Å². The molecule has 0 saturated carbocycles. The first-order chi connectivity index (χ1) is 14.5. The molecule has 2 heterocycles. The van der Waals surface area contributed by atoms with Gasteiger partial charge in [0.05, 0.1) is 6.04 Å². The van der Waals surface area contributed by atoms with Crippen molar-refractivity contribution >= 4 is 11.6 Å². The number of amides is 2. The second-order valence-electron chi connectivity index (χ2n) is 8.16. The van der Waals surface area contributed by atoms with Crippen LogP contribution in [0.15, 0.2) is 54.6 Å². The van der Waals surface area contributed by atoms with Gasteiger partial charge in [0.15, 0.2) is 0 Å². The van der Waals surface area contributed by atoms with Gasteiger partial charge < -0.3 is 15.1 Å². The quantitative estimate of drug-likeness (QED) is 0.807. The summed E-state index contributed by atoms with van der Waals surface area (Å²) in [5.41, 5.74) is 1.80. The number of halogens is 2. The van der Waals surface area contributed by atoms with Crippen molar-refractivity contribution in [2.45, 2.75) is 18.9 Å². The van der Waals surface area contributed by atoms with Gasteiger partial charge in [-0.3, -0.25) is 0 Å². The SMILES string of the molecule is CN(CC1CCNCC1)C(=O)N1CC(c2cc(F)ccc2F)=C[C@H]1c1ccccc1. The van der Waals surface area contributed by atoms with Crippen molar-refractivity contribution in [1.29, 1.82) is 0 Å². The van der Waals surface area contributed by atoms with Crippen LogP contribution >= 0.6 is 0 Å². The summed E-state index contributed by atoms with van der Waals surface area (Å²) in [5, 5.41) is 3.35. The molecule has 1 atom stereocenters. The van der Waals surface area contributed by atoms with Gasteiger partial charge in [0.1, 0.15) is 11.6 Å². The van der Waals surface area contributed by atoms with Gasteiger partial charge in [0, 0.05) is 25.7 Å². The van der Waals surface area contributed by atoms with Gasteiger partial charge in [0.2, 0.25) is 0 Å². The fourth-order valence-electron chi connectivity index (χ4n) is 4.40. The highest BCUT2D eigenvalue weighted by molar-refractivity contribution is 5.82. The van der Waals surface area contributed by atoms with Crippen LogP contribution in [0, 0.1) is 17.6 Å². The van der Waals surface area contributed by atoms with Crippen molar-refractivity contribution in [3.63, 3.8) is 0 Å². The molecule has 0 aromatic heterocycles. The van der Waals surface area contributed by atoms with Crippen LogP contribution in [0.5, 0.6) is 0 Å². The van der Waals surface area contributed by atoms with E-state index >= 15 is 0 Å². The third-order valence-electron chi connectivity index (χ3n) is 6.01. The highest BCUT2D eigenvalue weighted by Gasteiger charge is 2.34. The number of piperidine rings is 1. The molecule has 2 aromatic carbocycles. The summed E-state index contributed by atoms with van der Waals surface area (Å²) in [6, 6.07) is 12.7. The molecule has 30 heavy (non-hydrogen) atoms. The largest absolute Gasteiger partial charge is 0.327 e. The minimum absolute atomic E-state index is 0.0922. The second kappa shape index (κ2) is 8.96. The van der Waals surface area contributed by atoms with Crippen LogP contribution in [-0.4, -0.2) is 49.1 Å². The molecule has 4 rings (SSSR count). The van der Waals surface area contributed by atoms with E-state index in [0.29, 0.717) is 18.0 Å². The molecule has 0 aliphatic carbocycles. The van der Waals surface area contributed by atoms with Gasteiger partial charge in [-0.25, -0.2) is 13.6 Å². The van der Waals surface area contributed by atoms with E-state index in [1.807, 2.05) is 43.5 Å². The Bertz CT molecular complexity index is 925. The molecule has 0 radical (unpaired) electrons. The van der Waals surface area contributed by atoms with Crippen LogP contribution < -0.4 is 5.32 Å². The van der Waals surface area contributed by atoms with E-state index in [1.165, 1.54) is 6.07 Å². The van der Waals surface area contributed by atoms with E-state index in [2.05, 4.69) is 5.32 Å². The molecule has 2 aromatic rings. The van der Waals surface area contributed by atoms with E-state index in [1.54, 1.807) is 9.80 Å². The van der Waals surface area contributed by atoms with Gasteiger partial charge in [-0.1, -0.05) is 36.4 Å². The number of benzene rings is 2. The maximum absolute atomic E-state index is 14.4. The Morgan fingerprint density at radius 3 is 2.60 bits per heavy atom. The van der Waals surface area contributed by atoms with Gasteiger partial charge in [-0.15, -0.1) is 0 Å². The summed E-state index contributed by atoms with van der Waals surface area (Å²) in [7, 11) is 1.83. The summed E-state index contributed by atoms with van der Waals surface area (Å²) in [6.45, 7) is 2.90. The fourth-order valence-corrected chi connectivity index (χ4v) is 4.40. The number of urea groups is 1. The van der Waals surface area contributed by atoms with Crippen LogP contribution in [0.2, 0.25) is 0 Å². The van der Waals surface area contributed by atoms with Gasteiger partial charge in [-0.2, -0.15) is 0 Å². The molecule has 0 spiro atoms. The normalized spacial score (nSPS) is 19.6. The standard InChI is InChI=1S/C24H27F2N3O/c1-28(15-17-9-11-27-12-10-17)24(30)29-16-19(21-14-20(25)7-8-22(21)26)13-23(29)18-5-3-2-4-6-18/h2-8,13-14,17,23,27H,9-12,15-16H2,1H3/t23-/m0/s1. The van der Waals surface area contributed by atoms with Crippen LogP contribution in [0.25, 0.3) is 5.57 Å². The Hall–Kier alpha value is -2.73. The Labute approximate surface area is 176 Å². The lowest BCUT2D eigenvalue weighted by molar-refractivity contribution is 0.151. The first-order valence-electron chi connectivity index (χ1n) is 10.5. The average molecular weight is 411 g/mol. The second-order valence-corrected chi connectivity index (χ2v) is 8.16. The van der Waals surface area contributed by atoms with Crippen LogP contribution in [0.3, 0.4) is 0 Å². The first kappa shape index (κ1) is 20.5. The van der Waals surface area contributed by atoms with Crippen molar-refractivity contribution in [2.75, 3.05) is 33.2 Å². The highest BCUT2D eigenvalue weighted by Crippen LogP contribution is 2.36. The smallest absolute Gasteiger partial charge is 0.320 e. The zero-order chi connectivity index (χ0) is 21.1. The minimum atomic E-state index is -0.489. The molecule has 0 unspecified atom stereocenters. The van der Waals surface area contributed by atoms with Gasteiger partial charge in [-0.05, 0) is 61.2 Å². The lowest BCUT2D eigenvalue weighted by Crippen LogP contribution is -2.44. The summed E-state index contributed by atoms with van der Waals surface area (Å²) in [5.74, 6) is -0.491. The molecular formula is C24H27F2N3O. The number of hydrogen-bond donors (Lipinski definition) is 1. The van der Waals surface area contributed by atoms with Crippen LogP contribution in [0.1, 0.15) is 30.0 Å². The lowest BCUT2D eigenvalue weighted by Gasteiger charge is -2.33. The molecular weight excluding hydrogens is 384 g/mol. The van der Waals surface area contributed by atoms with E-state index in [-0.39, 0.29) is 24.2 Å². The molecule has 6 heteroatoms. The Morgan fingerprint density at radius 1 is 1.13 bits per heavy atom. The molecule has 2 amide bonds. The maximum atomic E-state index is 14.4. The molecule has 4 nitrogen and oxygen atoms in total. The van der Waals surface area contributed by atoms with Gasteiger partial charge >= 0.3 is 6.03 Å². The van der Waals surface area contributed by atoms with Crippen molar-refractivity contribution in [1.82, 2.24) is 15.1 Å². The van der Waals surface area contributed by atoms with Crippen molar-refractivity contribution < 1.29 is 13.6 Å². The number of carbonyl (C=O) groups excluding carboxylic acids is 1. The average Bonchev–Trinajstić information content (AvgIpc) is 3.21. The molecule has 1 saturated heterocycles. The zero-order valence-electron chi connectivity index (χ0n) is 17.2. The predicted molar refractivity (Wildman–Crippen MR) is 114 cm³/mol. The number of rotatable bonds is 4. The Balaban J connectivity index is 1.59. The minimum Gasteiger partial charge on any atom is -0.327 e. The molecule has 1 N–H and O–H groups in total. The third-order valence-corrected chi connectivity index (χ3v) is 6.01. The van der Waals surface area contributed by atoms with Crippen molar-refractivity contribution in [2.24, 2.45) is 5.92 Å². The maximum Gasteiger partial charge on any atom is 0.320 e. The molecule has 2 aliphatic heterocycles. The Morgan fingerprint density at radius 2 is 1.87 bits per heavy atom. The lowest BCUT2D eigenvalue weighted by atomic mass is 9.98. The summed E-state index contributed by atoms with van der Waals surface area (Å²) in [6.07, 6.45) is 3.99. The summed E-state index contributed by atoms with van der Waals surface area (Å²) in [4.78, 5) is 16.9. The van der Waals surface area contributed by atoms with Crippen molar-refractivity contribution in [3.8, 4) is 0 Å². The zero-order valence-corrected chi connectivity index (χ0v) is 17.2. The monoisotopic (exact) mass is 411 g/mol. The molecule has 1 fully saturated rings. The number of nitrogens with zero attached hydrogens (tertiary/aromatic N) is 2. The van der Waals surface area contributed by atoms with Crippen molar-refractivity contribution in [3.05, 3.63) is 77.4 Å². The fraction of sp³-hybridized carbons (Fsp3) is 0.375. The topological polar surface area (TPSA) is 35.6 Å². The first-order valence-corrected chi connectivity index (χ1v) is 10.5. The molecule has 0 bridgehead atoms. The summed E-state index contributed by atoms with van der Waals surface area (Å²) < 4.78 is 28.2. The highest BCUT2D eigenvalue weighted by atomic mass is 19.1. The van der Waals surface area contributed by atoms with E-state index < -0.39 is 11.6 Å². The molecule has 2 aliphatic rings. The van der Waals surface area contributed by atoms with Crippen LogP contribution in [0.4, 0.5) is 13.6 Å². The van der Waals surface area contributed by atoms with E-state index in [4.69, 9.17) is 0 Å². The third kappa shape index (κ3) is 4.38. The molecule has 158 valence electrons. The van der Waals surface area contributed by atoms with E-state index in [0.717, 1.165) is 43.6 Å². The van der Waals surface area contributed by atoms with Crippen LogP contribution in [-0.2, 0) is 0 Å². The predicted octanol–water partition coefficient (Wildman–Crippen LogP) is 4.46. The number of carbonyl (C=O) groups is 1. The summed E-state index contributed by atoms with van der Waals surface area (Å²) >= 11 is 0. The van der Waals surface area contributed by atoms with Gasteiger partial charge in [0.25, 0.3) is 0 Å².